The Labute approximate surface area is 106 Å². The van der Waals surface area contributed by atoms with Gasteiger partial charge in [0.2, 0.25) is 0 Å². The predicted octanol–water partition coefficient (Wildman–Crippen LogP) is 2.11. The van der Waals surface area contributed by atoms with E-state index in [0.29, 0.717) is 12.1 Å². The summed E-state index contributed by atoms with van der Waals surface area (Å²) in [6.07, 6.45) is 2.75. The molecule has 1 aliphatic rings. The van der Waals surface area contributed by atoms with Crippen LogP contribution in [0, 0.1) is 23.1 Å². The Morgan fingerprint density at radius 2 is 2.11 bits per heavy atom. The number of likely N-dealkylation sites (tertiary alicyclic amines) is 1. The molecule has 0 saturated carbocycles. The van der Waals surface area contributed by atoms with Gasteiger partial charge in [-0.2, -0.15) is 5.26 Å². The normalized spacial score (nSPS) is 17.3. The van der Waals surface area contributed by atoms with E-state index in [0.717, 1.165) is 37.8 Å². The summed E-state index contributed by atoms with van der Waals surface area (Å²) in [6.45, 7) is 2.33. The quantitative estimate of drug-likeness (QED) is 0.767. The Morgan fingerprint density at radius 3 is 2.72 bits per heavy atom. The molecule has 1 saturated heterocycles. The molecule has 0 unspecified atom stereocenters. The highest BCUT2D eigenvalue weighted by Crippen LogP contribution is 2.18. The number of carbonyl (C=O) groups excluding carboxylic acids is 1. The van der Waals surface area contributed by atoms with E-state index in [2.05, 4.69) is 4.90 Å². The lowest BCUT2D eigenvalue weighted by atomic mass is 9.98. The molecule has 1 aliphatic heterocycles. The molecule has 0 atom stereocenters. The van der Waals surface area contributed by atoms with Crippen molar-refractivity contribution in [3.05, 3.63) is 35.1 Å². The maximum Gasteiger partial charge on any atom is 0.124 e. The second-order valence-electron chi connectivity index (χ2n) is 4.71. The first-order chi connectivity index (χ1) is 8.71. The number of hydrogen-bond acceptors (Lipinski definition) is 3. The maximum absolute atomic E-state index is 13.3. The minimum absolute atomic E-state index is 0.170. The Morgan fingerprint density at radius 1 is 1.39 bits per heavy atom. The highest BCUT2D eigenvalue weighted by Gasteiger charge is 2.18. The monoisotopic (exact) mass is 246 g/mol. The minimum Gasteiger partial charge on any atom is -0.303 e. The van der Waals surface area contributed by atoms with Crippen molar-refractivity contribution in [1.29, 1.82) is 5.26 Å². The van der Waals surface area contributed by atoms with Crippen LogP contribution in [0.4, 0.5) is 4.39 Å². The summed E-state index contributed by atoms with van der Waals surface area (Å²) in [4.78, 5) is 12.8. The lowest BCUT2D eigenvalue weighted by Crippen LogP contribution is -2.33. The zero-order chi connectivity index (χ0) is 13.0. The minimum atomic E-state index is -0.369. The van der Waals surface area contributed by atoms with Crippen molar-refractivity contribution in [2.45, 2.75) is 19.4 Å². The van der Waals surface area contributed by atoms with Gasteiger partial charge in [-0.05, 0) is 49.7 Å². The molecule has 0 radical (unpaired) electrons. The van der Waals surface area contributed by atoms with Crippen LogP contribution in [0.5, 0.6) is 0 Å². The van der Waals surface area contributed by atoms with Gasteiger partial charge in [0.15, 0.2) is 0 Å². The van der Waals surface area contributed by atoms with Crippen LogP contribution in [0.3, 0.4) is 0 Å². The molecule has 2 rings (SSSR count). The van der Waals surface area contributed by atoms with Crippen LogP contribution in [0.2, 0.25) is 0 Å². The number of halogens is 1. The van der Waals surface area contributed by atoms with Crippen LogP contribution in [0.15, 0.2) is 18.2 Å². The summed E-state index contributed by atoms with van der Waals surface area (Å²) in [7, 11) is 0. The summed E-state index contributed by atoms with van der Waals surface area (Å²) in [6, 6.07) is 6.38. The fraction of sp³-hybridized carbons (Fsp3) is 0.429. The third-order valence-electron chi connectivity index (χ3n) is 3.32. The molecule has 0 N–H and O–H groups in total. The van der Waals surface area contributed by atoms with Gasteiger partial charge in [-0.3, -0.25) is 4.90 Å². The van der Waals surface area contributed by atoms with Crippen molar-refractivity contribution in [2.75, 3.05) is 13.1 Å². The molecule has 0 spiro atoms. The SMILES string of the molecule is N#Cc1cc(F)cc(CN2CCC(C=O)CC2)c1. The van der Waals surface area contributed by atoms with Crippen molar-refractivity contribution < 1.29 is 9.18 Å². The molecule has 1 aromatic rings. The number of nitrogens with zero attached hydrogens (tertiary/aromatic N) is 2. The summed E-state index contributed by atoms with van der Waals surface area (Å²) in [5.74, 6) is -0.199. The molecule has 1 heterocycles. The van der Waals surface area contributed by atoms with E-state index in [-0.39, 0.29) is 11.7 Å². The first kappa shape index (κ1) is 12.7. The molecule has 0 aromatic heterocycles. The molecule has 0 amide bonds. The van der Waals surface area contributed by atoms with Gasteiger partial charge in [-0.25, -0.2) is 4.39 Å². The number of piperidine rings is 1. The number of benzene rings is 1. The zero-order valence-corrected chi connectivity index (χ0v) is 10.1. The van der Waals surface area contributed by atoms with Gasteiger partial charge in [-0.1, -0.05) is 0 Å². The smallest absolute Gasteiger partial charge is 0.124 e. The average Bonchev–Trinajstić information content (AvgIpc) is 2.39. The second-order valence-corrected chi connectivity index (χ2v) is 4.71. The largest absolute Gasteiger partial charge is 0.303 e. The standard InChI is InChI=1S/C14H15FN2O/c15-14-6-12(8-16)5-13(7-14)9-17-3-1-11(10-18)2-4-17/h5-7,10-11H,1-4,9H2. The fourth-order valence-corrected chi connectivity index (χ4v) is 2.31. The molecule has 3 nitrogen and oxygen atoms in total. The second kappa shape index (κ2) is 5.74. The van der Waals surface area contributed by atoms with Crippen molar-refractivity contribution in [1.82, 2.24) is 4.90 Å². The summed E-state index contributed by atoms with van der Waals surface area (Å²) < 4.78 is 13.3. The topological polar surface area (TPSA) is 44.1 Å². The highest BCUT2D eigenvalue weighted by atomic mass is 19.1. The Hall–Kier alpha value is -1.73. The Kier molecular flexibility index (Phi) is 4.06. The van der Waals surface area contributed by atoms with E-state index in [1.165, 1.54) is 12.1 Å². The lowest BCUT2D eigenvalue weighted by Gasteiger charge is -2.29. The van der Waals surface area contributed by atoms with Crippen LogP contribution < -0.4 is 0 Å². The maximum atomic E-state index is 13.3. The van der Waals surface area contributed by atoms with Gasteiger partial charge in [-0.15, -0.1) is 0 Å². The number of hydrogen-bond donors (Lipinski definition) is 0. The van der Waals surface area contributed by atoms with Gasteiger partial charge < -0.3 is 4.79 Å². The van der Waals surface area contributed by atoms with Crippen LogP contribution in [-0.2, 0) is 11.3 Å². The third-order valence-corrected chi connectivity index (χ3v) is 3.32. The number of carbonyl (C=O) groups is 1. The zero-order valence-electron chi connectivity index (χ0n) is 10.1. The highest BCUT2D eigenvalue weighted by molar-refractivity contribution is 5.53. The first-order valence-corrected chi connectivity index (χ1v) is 6.08. The number of rotatable bonds is 3. The number of nitriles is 1. The van der Waals surface area contributed by atoms with E-state index in [1.807, 2.05) is 6.07 Å². The van der Waals surface area contributed by atoms with Crippen LogP contribution in [0.1, 0.15) is 24.0 Å². The molecule has 1 aromatic carbocycles. The Balaban J connectivity index is 2.00. The van der Waals surface area contributed by atoms with E-state index < -0.39 is 0 Å². The van der Waals surface area contributed by atoms with Crippen molar-refractivity contribution in [3.63, 3.8) is 0 Å². The molecule has 1 fully saturated rings. The van der Waals surface area contributed by atoms with Gasteiger partial charge in [0, 0.05) is 12.5 Å². The van der Waals surface area contributed by atoms with Crippen LogP contribution in [0.25, 0.3) is 0 Å². The van der Waals surface area contributed by atoms with Crippen LogP contribution >= 0.6 is 0 Å². The Bertz CT molecular complexity index is 473. The van der Waals surface area contributed by atoms with Gasteiger partial charge in [0.1, 0.15) is 12.1 Å². The average molecular weight is 246 g/mol. The third kappa shape index (κ3) is 3.14. The predicted molar refractivity (Wildman–Crippen MR) is 65.2 cm³/mol. The van der Waals surface area contributed by atoms with Gasteiger partial charge in [0.25, 0.3) is 0 Å². The molecular weight excluding hydrogens is 231 g/mol. The van der Waals surface area contributed by atoms with Crippen molar-refractivity contribution in [3.8, 4) is 6.07 Å². The van der Waals surface area contributed by atoms with E-state index in [4.69, 9.17) is 5.26 Å². The molecule has 4 heteroatoms. The molecular formula is C14H15FN2O. The van der Waals surface area contributed by atoms with Gasteiger partial charge >= 0.3 is 0 Å². The van der Waals surface area contributed by atoms with E-state index in [9.17, 15) is 9.18 Å². The fourth-order valence-electron chi connectivity index (χ4n) is 2.31. The van der Waals surface area contributed by atoms with Gasteiger partial charge in [0.05, 0.1) is 11.6 Å². The van der Waals surface area contributed by atoms with Crippen molar-refractivity contribution in [2.24, 2.45) is 5.92 Å². The first-order valence-electron chi connectivity index (χ1n) is 6.08. The molecule has 0 aliphatic carbocycles. The lowest BCUT2D eigenvalue weighted by molar-refractivity contribution is -0.112. The van der Waals surface area contributed by atoms with E-state index in [1.54, 1.807) is 6.07 Å². The summed E-state index contributed by atoms with van der Waals surface area (Å²) in [5, 5.41) is 8.79. The molecule has 94 valence electrons. The molecule has 18 heavy (non-hydrogen) atoms. The summed E-state index contributed by atoms with van der Waals surface area (Å²) >= 11 is 0. The van der Waals surface area contributed by atoms with Crippen LogP contribution in [-0.4, -0.2) is 24.3 Å². The molecule has 0 bridgehead atoms. The summed E-state index contributed by atoms with van der Waals surface area (Å²) in [5.41, 5.74) is 1.17. The number of aldehydes is 1. The van der Waals surface area contributed by atoms with E-state index >= 15 is 0 Å². The van der Waals surface area contributed by atoms with Crippen molar-refractivity contribution >= 4 is 6.29 Å².